The molecule has 3 rings (SSSR count). The average Bonchev–Trinajstić information content (AvgIpc) is 2.92. The van der Waals surface area contributed by atoms with E-state index in [9.17, 15) is 4.79 Å². The molecule has 3 aromatic rings. The first-order valence-electron chi connectivity index (χ1n) is 6.08. The van der Waals surface area contributed by atoms with Crippen LogP contribution in [0.3, 0.4) is 0 Å². The van der Waals surface area contributed by atoms with Crippen molar-refractivity contribution in [1.82, 2.24) is 9.97 Å². The Morgan fingerprint density at radius 1 is 1.21 bits per heavy atom. The summed E-state index contributed by atoms with van der Waals surface area (Å²) in [6.45, 7) is 0.648. The van der Waals surface area contributed by atoms with Gasteiger partial charge in [0.25, 0.3) is 5.56 Å². The number of para-hydroxylation sites is 1. The van der Waals surface area contributed by atoms with Gasteiger partial charge in [0, 0.05) is 13.0 Å². The molecule has 0 aliphatic rings. The van der Waals surface area contributed by atoms with Crippen LogP contribution in [-0.4, -0.2) is 16.5 Å². The summed E-state index contributed by atoms with van der Waals surface area (Å²) in [7, 11) is 0. The van der Waals surface area contributed by atoms with Gasteiger partial charge in [-0.25, -0.2) is 4.98 Å². The van der Waals surface area contributed by atoms with Crippen molar-refractivity contribution in [3.8, 4) is 0 Å². The second-order valence-corrected chi connectivity index (χ2v) is 4.19. The summed E-state index contributed by atoms with van der Waals surface area (Å²) in [5.41, 5.74) is 0.554. The maximum Gasteiger partial charge on any atom is 0.260 e. The van der Waals surface area contributed by atoms with E-state index in [1.165, 1.54) is 0 Å². The Hall–Kier alpha value is -2.56. The van der Waals surface area contributed by atoms with Crippen molar-refractivity contribution in [2.24, 2.45) is 0 Å². The molecular weight excluding hydrogens is 242 g/mol. The van der Waals surface area contributed by atoms with E-state index >= 15 is 0 Å². The Labute approximate surface area is 109 Å². The van der Waals surface area contributed by atoms with E-state index in [1.807, 2.05) is 30.3 Å². The molecule has 2 N–H and O–H groups in total. The minimum absolute atomic E-state index is 0.133. The van der Waals surface area contributed by atoms with Gasteiger partial charge in [0.2, 0.25) is 5.95 Å². The molecule has 0 saturated carbocycles. The highest BCUT2D eigenvalue weighted by molar-refractivity contribution is 5.78. The number of rotatable bonds is 4. The number of aromatic nitrogens is 2. The monoisotopic (exact) mass is 255 g/mol. The molecule has 0 aliphatic carbocycles. The molecular formula is C14H13N3O2. The van der Waals surface area contributed by atoms with E-state index in [1.54, 1.807) is 12.3 Å². The van der Waals surface area contributed by atoms with E-state index < -0.39 is 0 Å². The highest BCUT2D eigenvalue weighted by Gasteiger charge is 2.02. The molecule has 5 nitrogen and oxygen atoms in total. The predicted molar refractivity (Wildman–Crippen MR) is 73.3 cm³/mol. The largest absolute Gasteiger partial charge is 0.469 e. The van der Waals surface area contributed by atoms with Gasteiger partial charge in [-0.05, 0) is 24.3 Å². The van der Waals surface area contributed by atoms with E-state index in [-0.39, 0.29) is 5.56 Å². The average molecular weight is 255 g/mol. The number of benzene rings is 1. The fraction of sp³-hybridized carbons (Fsp3) is 0.143. The lowest BCUT2D eigenvalue weighted by Gasteiger charge is -2.05. The van der Waals surface area contributed by atoms with Crippen LogP contribution in [0.5, 0.6) is 0 Å². The van der Waals surface area contributed by atoms with Crippen LogP contribution in [0.2, 0.25) is 0 Å². The maximum atomic E-state index is 11.8. The summed E-state index contributed by atoms with van der Waals surface area (Å²) in [5.74, 6) is 1.38. The Kier molecular flexibility index (Phi) is 3.02. The fourth-order valence-corrected chi connectivity index (χ4v) is 1.93. The van der Waals surface area contributed by atoms with Gasteiger partial charge in [0.15, 0.2) is 0 Å². The number of anilines is 1. The number of nitrogens with zero attached hydrogens (tertiary/aromatic N) is 1. The molecule has 0 unspecified atom stereocenters. The normalized spacial score (nSPS) is 10.7. The second-order valence-electron chi connectivity index (χ2n) is 4.19. The zero-order chi connectivity index (χ0) is 13.1. The highest BCUT2D eigenvalue weighted by atomic mass is 16.3. The van der Waals surface area contributed by atoms with E-state index in [0.29, 0.717) is 23.4 Å². The van der Waals surface area contributed by atoms with Gasteiger partial charge in [0.05, 0.1) is 17.2 Å². The molecule has 0 fully saturated rings. The van der Waals surface area contributed by atoms with Crippen molar-refractivity contribution in [1.29, 1.82) is 0 Å². The number of nitrogens with one attached hydrogen (secondary N) is 2. The first-order valence-corrected chi connectivity index (χ1v) is 6.08. The molecule has 2 heterocycles. The number of furan rings is 1. The number of aromatic amines is 1. The smallest absolute Gasteiger partial charge is 0.260 e. The maximum absolute atomic E-state index is 11.8. The first-order chi connectivity index (χ1) is 9.33. The van der Waals surface area contributed by atoms with Gasteiger partial charge in [0.1, 0.15) is 5.76 Å². The summed E-state index contributed by atoms with van der Waals surface area (Å²) in [6, 6.07) is 11.0. The summed E-state index contributed by atoms with van der Waals surface area (Å²) in [6.07, 6.45) is 2.38. The standard InChI is InChI=1S/C14H13N3O2/c18-13-11-5-1-2-6-12(11)16-14(17-13)15-8-7-10-4-3-9-19-10/h1-6,9H,7-8H2,(H2,15,16,17,18). The molecule has 19 heavy (non-hydrogen) atoms. The number of hydrogen-bond acceptors (Lipinski definition) is 4. The quantitative estimate of drug-likeness (QED) is 0.749. The van der Waals surface area contributed by atoms with Crippen LogP contribution in [0.1, 0.15) is 5.76 Å². The lowest BCUT2D eigenvalue weighted by atomic mass is 10.2. The van der Waals surface area contributed by atoms with Crippen LogP contribution < -0.4 is 10.9 Å². The van der Waals surface area contributed by atoms with Crippen molar-refractivity contribution in [3.63, 3.8) is 0 Å². The summed E-state index contributed by atoms with van der Waals surface area (Å²) in [4.78, 5) is 18.9. The van der Waals surface area contributed by atoms with Crippen molar-refractivity contribution >= 4 is 16.9 Å². The minimum atomic E-state index is -0.133. The van der Waals surface area contributed by atoms with Crippen molar-refractivity contribution in [2.45, 2.75) is 6.42 Å². The van der Waals surface area contributed by atoms with E-state index in [2.05, 4.69) is 15.3 Å². The van der Waals surface area contributed by atoms with Crippen molar-refractivity contribution in [2.75, 3.05) is 11.9 Å². The Balaban J connectivity index is 1.76. The molecule has 0 saturated heterocycles. The zero-order valence-electron chi connectivity index (χ0n) is 10.2. The third-order valence-corrected chi connectivity index (χ3v) is 2.86. The Morgan fingerprint density at radius 2 is 2.11 bits per heavy atom. The molecule has 0 amide bonds. The lowest BCUT2D eigenvalue weighted by Crippen LogP contribution is -2.14. The summed E-state index contributed by atoms with van der Waals surface area (Å²) < 4.78 is 5.23. The second kappa shape index (κ2) is 4.97. The molecule has 0 spiro atoms. The number of fused-ring (bicyclic) bond motifs is 1. The van der Waals surface area contributed by atoms with Crippen LogP contribution in [0.25, 0.3) is 10.9 Å². The molecule has 5 heteroatoms. The summed E-state index contributed by atoms with van der Waals surface area (Å²) >= 11 is 0. The zero-order valence-corrected chi connectivity index (χ0v) is 10.2. The van der Waals surface area contributed by atoms with Gasteiger partial charge in [-0.2, -0.15) is 0 Å². The van der Waals surface area contributed by atoms with Crippen LogP contribution in [-0.2, 0) is 6.42 Å². The van der Waals surface area contributed by atoms with E-state index in [4.69, 9.17) is 4.42 Å². The third kappa shape index (κ3) is 2.49. The Morgan fingerprint density at radius 3 is 2.95 bits per heavy atom. The summed E-state index contributed by atoms with van der Waals surface area (Å²) in [5, 5.41) is 3.69. The van der Waals surface area contributed by atoms with E-state index in [0.717, 1.165) is 12.2 Å². The molecule has 0 bridgehead atoms. The lowest BCUT2D eigenvalue weighted by molar-refractivity contribution is 0.512. The Bertz CT molecular complexity index is 732. The van der Waals surface area contributed by atoms with Crippen LogP contribution in [0, 0.1) is 0 Å². The molecule has 0 aliphatic heterocycles. The highest BCUT2D eigenvalue weighted by Crippen LogP contribution is 2.08. The molecule has 0 atom stereocenters. The van der Waals surface area contributed by atoms with Gasteiger partial charge >= 0.3 is 0 Å². The topological polar surface area (TPSA) is 70.9 Å². The van der Waals surface area contributed by atoms with Crippen LogP contribution in [0.4, 0.5) is 5.95 Å². The van der Waals surface area contributed by atoms with Crippen molar-refractivity contribution < 1.29 is 4.42 Å². The first kappa shape index (κ1) is 11.5. The number of hydrogen-bond donors (Lipinski definition) is 2. The van der Waals surface area contributed by atoms with Gasteiger partial charge in [-0.1, -0.05) is 12.1 Å². The molecule has 96 valence electrons. The van der Waals surface area contributed by atoms with Crippen molar-refractivity contribution in [3.05, 3.63) is 58.8 Å². The number of H-pyrrole nitrogens is 1. The van der Waals surface area contributed by atoms with Gasteiger partial charge in [-0.3, -0.25) is 9.78 Å². The SMILES string of the molecule is O=c1[nH]c(NCCc2ccco2)nc2ccccc12. The van der Waals surface area contributed by atoms with Gasteiger partial charge < -0.3 is 9.73 Å². The van der Waals surface area contributed by atoms with Crippen LogP contribution in [0.15, 0.2) is 51.9 Å². The minimum Gasteiger partial charge on any atom is -0.469 e. The third-order valence-electron chi connectivity index (χ3n) is 2.86. The fourth-order valence-electron chi connectivity index (χ4n) is 1.93. The molecule has 0 radical (unpaired) electrons. The van der Waals surface area contributed by atoms with Crippen LogP contribution >= 0.6 is 0 Å². The molecule has 1 aromatic carbocycles. The predicted octanol–water partition coefficient (Wildman–Crippen LogP) is 2.17. The molecule has 2 aromatic heterocycles. The van der Waals surface area contributed by atoms with Gasteiger partial charge in [-0.15, -0.1) is 0 Å².